The Bertz CT molecular complexity index is 1340. The second kappa shape index (κ2) is 8.94. The summed E-state index contributed by atoms with van der Waals surface area (Å²) in [5, 5.41) is 18.3. The van der Waals surface area contributed by atoms with Crippen molar-refractivity contribution in [2.45, 2.75) is 10.9 Å². The van der Waals surface area contributed by atoms with E-state index >= 15 is 0 Å². The fourth-order valence-electron chi connectivity index (χ4n) is 3.11. The van der Waals surface area contributed by atoms with Crippen LogP contribution in [0.25, 0.3) is 28.5 Å². The molecule has 0 fully saturated rings. The van der Waals surface area contributed by atoms with Gasteiger partial charge in [0.25, 0.3) is 0 Å². The van der Waals surface area contributed by atoms with Gasteiger partial charge in [-0.15, -0.1) is 20.4 Å². The Morgan fingerprint density at radius 2 is 1.53 bits per heavy atom. The summed E-state index contributed by atoms with van der Waals surface area (Å²) in [5.41, 5.74) is 2.45. The van der Waals surface area contributed by atoms with Gasteiger partial charge in [-0.3, -0.25) is 4.57 Å². The number of thioether (sulfide) groups is 1. The number of hydrogen-bond donors (Lipinski definition) is 0. The zero-order valence-corrected chi connectivity index (χ0v) is 18.1. The second-order valence-corrected chi connectivity index (χ2v) is 8.16. The molecule has 0 radical (unpaired) electrons. The van der Waals surface area contributed by atoms with E-state index in [0.29, 0.717) is 33.5 Å². The molecular weight excluding hydrogens is 449 g/mol. The third-order valence-corrected chi connectivity index (χ3v) is 5.80. The van der Waals surface area contributed by atoms with E-state index in [1.165, 1.54) is 23.9 Å². The first kappa shape index (κ1) is 20.4. The molecule has 0 atom stereocenters. The number of rotatable bonds is 6. The molecule has 0 aliphatic heterocycles. The predicted octanol–water partition coefficient (Wildman–Crippen LogP) is 6.07. The molecule has 0 saturated heterocycles. The first-order valence-electron chi connectivity index (χ1n) is 9.65. The monoisotopic (exact) mass is 463 g/mol. The summed E-state index contributed by atoms with van der Waals surface area (Å²) in [4.78, 5) is 0. The van der Waals surface area contributed by atoms with Crippen LogP contribution in [0.15, 0.2) is 88.4 Å². The zero-order valence-electron chi connectivity index (χ0n) is 16.5. The highest BCUT2D eigenvalue weighted by atomic mass is 35.5. The highest BCUT2D eigenvalue weighted by Gasteiger charge is 2.18. The number of hydrogen-bond acceptors (Lipinski definition) is 6. The maximum Gasteiger partial charge on any atom is 0.247 e. The quantitative estimate of drug-likeness (QED) is 0.285. The minimum Gasteiger partial charge on any atom is -0.420 e. The Morgan fingerprint density at radius 1 is 0.812 bits per heavy atom. The summed E-state index contributed by atoms with van der Waals surface area (Å²) in [6.07, 6.45) is 0. The molecule has 3 aromatic carbocycles. The van der Waals surface area contributed by atoms with Gasteiger partial charge in [0.05, 0.1) is 5.75 Å². The maximum absolute atomic E-state index is 13.4. The Hall–Kier alpha value is -3.49. The van der Waals surface area contributed by atoms with Gasteiger partial charge in [-0.25, -0.2) is 4.39 Å². The standard InChI is InChI=1S/C23H15ClFN5OS/c24-17-10-6-16(7-11-17)22-28-26-20(31-22)14-32-23-29-27-21(15-8-12-18(25)13-9-15)30(23)19-4-2-1-3-5-19/h1-13H,14H2. The van der Waals surface area contributed by atoms with Crippen LogP contribution in [-0.2, 0) is 5.75 Å². The van der Waals surface area contributed by atoms with E-state index < -0.39 is 0 Å². The lowest BCUT2D eigenvalue weighted by Gasteiger charge is -2.09. The number of benzene rings is 3. The van der Waals surface area contributed by atoms with Crippen molar-refractivity contribution in [2.75, 3.05) is 0 Å². The van der Waals surface area contributed by atoms with E-state index in [9.17, 15) is 4.39 Å². The first-order chi connectivity index (χ1) is 15.7. The number of halogens is 2. The van der Waals surface area contributed by atoms with Crippen LogP contribution in [-0.4, -0.2) is 25.0 Å². The van der Waals surface area contributed by atoms with Gasteiger partial charge >= 0.3 is 0 Å². The Kier molecular flexibility index (Phi) is 5.70. The summed E-state index contributed by atoms with van der Waals surface area (Å²) in [7, 11) is 0. The molecule has 2 aromatic heterocycles. The summed E-state index contributed by atoms with van der Waals surface area (Å²) in [6, 6.07) is 23.1. The fraction of sp³-hybridized carbons (Fsp3) is 0.0435. The molecular formula is C23H15ClFN5OS. The van der Waals surface area contributed by atoms with Crippen LogP contribution >= 0.6 is 23.4 Å². The Labute approximate surface area is 192 Å². The SMILES string of the molecule is Fc1ccc(-c2nnc(SCc3nnc(-c4ccc(Cl)cc4)o3)n2-c2ccccc2)cc1. The van der Waals surface area contributed by atoms with E-state index in [-0.39, 0.29) is 5.82 Å². The van der Waals surface area contributed by atoms with Gasteiger partial charge in [0, 0.05) is 21.8 Å². The molecule has 5 rings (SSSR count). The van der Waals surface area contributed by atoms with E-state index in [2.05, 4.69) is 20.4 Å². The van der Waals surface area contributed by atoms with E-state index in [0.717, 1.165) is 16.8 Å². The lowest BCUT2D eigenvalue weighted by atomic mass is 10.2. The maximum atomic E-state index is 13.4. The first-order valence-corrected chi connectivity index (χ1v) is 11.0. The zero-order chi connectivity index (χ0) is 21.9. The van der Waals surface area contributed by atoms with Crippen LogP contribution in [0, 0.1) is 5.82 Å². The van der Waals surface area contributed by atoms with Crippen molar-refractivity contribution in [3.05, 3.63) is 95.6 Å². The van der Waals surface area contributed by atoms with Crippen molar-refractivity contribution in [1.29, 1.82) is 0 Å². The number of nitrogens with zero attached hydrogens (tertiary/aromatic N) is 5. The minimum absolute atomic E-state index is 0.304. The molecule has 0 aliphatic rings. The largest absolute Gasteiger partial charge is 0.420 e. The summed E-state index contributed by atoms with van der Waals surface area (Å²) in [6.45, 7) is 0. The van der Waals surface area contributed by atoms with E-state index in [1.807, 2.05) is 47.0 Å². The summed E-state index contributed by atoms with van der Waals surface area (Å²) in [5.74, 6) is 1.61. The molecule has 6 nitrogen and oxygen atoms in total. The average molecular weight is 464 g/mol. The lowest BCUT2D eigenvalue weighted by molar-refractivity contribution is 0.528. The molecule has 0 saturated carbocycles. The normalized spacial score (nSPS) is 11.1. The predicted molar refractivity (Wildman–Crippen MR) is 121 cm³/mol. The highest BCUT2D eigenvalue weighted by Crippen LogP contribution is 2.30. The summed E-state index contributed by atoms with van der Waals surface area (Å²) >= 11 is 7.36. The molecule has 158 valence electrons. The molecule has 2 heterocycles. The third kappa shape index (κ3) is 4.28. The van der Waals surface area contributed by atoms with Gasteiger partial charge in [0.1, 0.15) is 5.82 Å². The van der Waals surface area contributed by atoms with Gasteiger partial charge in [-0.2, -0.15) is 0 Å². The number of aromatic nitrogens is 5. The van der Waals surface area contributed by atoms with Crippen LogP contribution in [0.5, 0.6) is 0 Å². The molecule has 0 amide bonds. The summed E-state index contributed by atoms with van der Waals surface area (Å²) < 4.78 is 21.1. The lowest BCUT2D eigenvalue weighted by Crippen LogP contribution is -1.99. The van der Waals surface area contributed by atoms with Crippen LogP contribution < -0.4 is 0 Å². The van der Waals surface area contributed by atoms with Crippen LogP contribution in [0.1, 0.15) is 5.89 Å². The topological polar surface area (TPSA) is 69.6 Å². The van der Waals surface area contributed by atoms with Crippen molar-refractivity contribution in [1.82, 2.24) is 25.0 Å². The van der Waals surface area contributed by atoms with Crippen molar-refractivity contribution in [3.63, 3.8) is 0 Å². The van der Waals surface area contributed by atoms with Crippen LogP contribution in [0.2, 0.25) is 5.02 Å². The third-order valence-electron chi connectivity index (χ3n) is 4.63. The van der Waals surface area contributed by atoms with Gasteiger partial charge < -0.3 is 4.42 Å². The van der Waals surface area contributed by atoms with E-state index in [4.69, 9.17) is 16.0 Å². The fourth-order valence-corrected chi connectivity index (χ4v) is 4.02. The van der Waals surface area contributed by atoms with Crippen molar-refractivity contribution in [3.8, 4) is 28.5 Å². The van der Waals surface area contributed by atoms with Crippen molar-refractivity contribution in [2.24, 2.45) is 0 Å². The van der Waals surface area contributed by atoms with Crippen molar-refractivity contribution >= 4 is 23.4 Å². The average Bonchev–Trinajstić information content (AvgIpc) is 3.47. The smallest absolute Gasteiger partial charge is 0.247 e. The van der Waals surface area contributed by atoms with Gasteiger partial charge in [0.15, 0.2) is 11.0 Å². The highest BCUT2D eigenvalue weighted by molar-refractivity contribution is 7.98. The molecule has 0 unspecified atom stereocenters. The van der Waals surface area contributed by atoms with Crippen LogP contribution in [0.3, 0.4) is 0 Å². The van der Waals surface area contributed by atoms with Gasteiger partial charge in [0.2, 0.25) is 11.8 Å². The molecule has 0 N–H and O–H groups in total. The molecule has 9 heteroatoms. The van der Waals surface area contributed by atoms with E-state index in [1.54, 1.807) is 24.3 Å². The van der Waals surface area contributed by atoms with Gasteiger partial charge in [-0.1, -0.05) is 41.6 Å². The minimum atomic E-state index is -0.304. The second-order valence-electron chi connectivity index (χ2n) is 6.78. The molecule has 0 spiro atoms. The molecule has 5 aromatic rings. The molecule has 0 aliphatic carbocycles. The Balaban J connectivity index is 1.43. The Morgan fingerprint density at radius 3 is 2.28 bits per heavy atom. The number of para-hydroxylation sites is 1. The molecule has 0 bridgehead atoms. The van der Waals surface area contributed by atoms with Crippen molar-refractivity contribution < 1.29 is 8.81 Å². The van der Waals surface area contributed by atoms with Gasteiger partial charge in [-0.05, 0) is 60.7 Å². The van der Waals surface area contributed by atoms with Crippen LogP contribution in [0.4, 0.5) is 4.39 Å². The molecule has 32 heavy (non-hydrogen) atoms.